The number of alkyl halides is 1. The van der Waals surface area contributed by atoms with Gasteiger partial charge in [0.1, 0.15) is 18.3 Å². The number of hydrogen-bond donors (Lipinski definition) is 0. The van der Waals surface area contributed by atoms with Crippen molar-refractivity contribution in [2.75, 3.05) is 20.5 Å². The summed E-state index contributed by atoms with van der Waals surface area (Å²) < 4.78 is 23.5. The van der Waals surface area contributed by atoms with Gasteiger partial charge in [0, 0.05) is 7.11 Å². The van der Waals surface area contributed by atoms with Gasteiger partial charge in [-0.1, -0.05) is 110 Å². The molecule has 0 amide bonds. The molecule has 2 aliphatic rings. The van der Waals surface area contributed by atoms with Crippen LogP contribution in [0.1, 0.15) is 20.8 Å². The van der Waals surface area contributed by atoms with Crippen molar-refractivity contribution >= 4 is 40.6 Å². The Kier molecular flexibility index (Phi) is 6.99. The van der Waals surface area contributed by atoms with Crippen LogP contribution in [0.2, 0.25) is 5.04 Å². The molecule has 1 aliphatic heterocycles. The van der Waals surface area contributed by atoms with E-state index in [-0.39, 0.29) is 41.4 Å². The van der Waals surface area contributed by atoms with Crippen molar-refractivity contribution in [3.05, 3.63) is 72.8 Å². The molecule has 1 fully saturated rings. The fourth-order valence-corrected chi connectivity index (χ4v) is 10.4. The third kappa shape index (κ3) is 4.14. The first-order chi connectivity index (χ1) is 15.8. The van der Waals surface area contributed by atoms with Gasteiger partial charge in [-0.3, -0.25) is 4.79 Å². The molecule has 1 saturated heterocycles. The summed E-state index contributed by atoms with van der Waals surface area (Å²) in [4.78, 5) is 12.7. The van der Waals surface area contributed by atoms with Crippen molar-refractivity contribution in [2.24, 2.45) is 5.41 Å². The summed E-state index contributed by atoms with van der Waals surface area (Å²) in [5.74, 6) is -0.253. The van der Waals surface area contributed by atoms with E-state index in [9.17, 15) is 4.79 Å². The number of rotatable bonds is 8. The van der Waals surface area contributed by atoms with Crippen LogP contribution in [0.4, 0.5) is 0 Å². The van der Waals surface area contributed by atoms with E-state index in [4.69, 9.17) is 18.6 Å². The number of ether oxygens (including phenoxy) is 3. The highest BCUT2D eigenvalue weighted by atomic mass is 79.9. The lowest BCUT2D eigenvalue weighted by molar-refractivity contribution is -0.208. The van der Waals surface area contributed by atoms with Crippen molar-refractivity contribution in [3.63, 3.8) is 0 Å². The average Bonchev–Trinajstić information content (AvgIpc) is 2.81. The second kappa shape index (κ2) is 9.47. The van der Waals surface area contributed by atoms with Crippen LogP contribution in [-0.4, -0.2) is 51.8 Å². The van der Waals surface area contributed by atoms with Crippen LogP contribution in [0, 0.1) is 5.41 Å². The normalized spacial score (nSPS) is 26.9. The first-order valence-corrected chi connectivity index (χ1v) is 14.0. The van der Waals surface area contributed by atoms with Crippen molar-refractivity contribution in [2.45, 2.75) is 42.8 Å². The minimum Gasteiger partial charge on any atom is -0.459 e. The Morgan fingerprint density at radius 2 is 1.61 bits per heavy atom. The van der Waals surface area contributed by atoms with Crippen LogP contribution in [-0.2, 0) is 23.4 Å². The summed E-state index contributed by atoms with van der Waals surface area (Å²) in [6.45, 7) is 7.10. The van der Waals surface area contributed by atoms with Crippen molar-refractivity contribution in [1.29, 1.82) is 0 Å². The molecule has 33 heavy (non-hydrogen) atoms. The van der Waals surface area contributed by atoms with Crippen LogP contribution in [0.5, 0.6) is 0 Å². The zero-order valence-corrected chi connectivity index (χ0v) is 22.1. The SMILES string of the molecule is COCO[C@H]1C=C[C@]2(CO[Si](c3ccccc3)(c3ccccc3)C(C)(C)C)C(=O)O[C@@H]2[C@H]1Br. The quantitative estimate of drug-likeness (QED) is 0.171. The number of esters is 1. The van der Waals surface area contributed by atoms with E-state index in [2.05, 4.69) is 85.2 Å². The van der Waals surface area contributed by atoms with E-state index in [1.165, 1.54) is 10.4 Å². The van der Waals surface area contributed by atoms with Gasteiger partial charge in [-0.15, -0.1) is 0 Å². The molecule has 0 bridgehead atoms. The maximum atomic E-state index is 12.9. The Hall–Kier alpha value is -1.77. The van der Waals surface area contributed by atoms with E-state index < -0.39 is 13.7 Å². The summed E-state index contributed by atoms with van der Waals surface area (Å²) in [7, 11) is -1.19. The molecule has 4 atom stereocenters. The van der Waals surface area contributed by atoms with Gasteiger partial charge in [-0.05, 0) is 15.4 Å². The summed E-state index contributed by atoms with van der Waals surface area (Å²) in [6, 6.07) is 20.9. The first kappa shape index (κ1) is 24.4. The number of methoxy groups -OCH3 is 1. The second-order valence-electron chi connectivity index (χ2n) is 9.66. The van der Waals surface area contributed by atoms with E-state index in [0.29, 0.717) is 0 Å². The van der Waals surface area contributed by atoms with Gasteiger partial charge in [0.25, 0.3) is 8.32 Å². The number of halogens is 1. The molecule has 2 aromatic rings. The molecule has 0 radical (unpaired) electrons. The monoisotopic (exact) mass is 530 g/mol. The zero-order valence-electron chi connectivity index (χ0n) is 19.5. The molecule has 0 N–H and O–H groups in total. The molecule has 2 aromatic carbocycles. The molecule has 0 saturated carbocycles. The fourth-order valence-electron chi connectivity index (χ4n) is 4.92. The molecule has 4 rings (SSSR count). The second-order valence-corrected chi connectivity index (χ2v) is 15.0. The minimum absolute atomic E-state index is 0.170. The van der Waals surface area contributed by atoms with Crippen LogP contribution >= 0.6 is 15.9 Å². The predicted octanol–water partition coefficient (Wildman–Crippen LogP) is 3.80. The molecule has 0 aromatic heterocycles. The maximum Gasteiger partial charge on any atom is 0.322 e. The van der Waals surface area contributed by atoms with Crippen LogP contribution in [0.15, 0.2) is 72.8 Å². The summed E-state index contributed by atoms with van der Waals surface area (Å²) in [5, 5.41) is 2.19. The molecule has 1 aliphatic carbocycles. The van der Waals surface area contributed by atoms with Gasteiger partial charge < -0.3 is 18.6 Å². The van der Waals surface area contributed by atoms with Crippen LogP contribution in [0.3, 0.4) is 0 Å². The number of carbonyl (C=O) groups is 1. The zero-order chi connectivity index (χ0) is 23.7. The Balaban J connectivity index is 1.73. The number of benzene rings is 2. The highest BCUT2D eigenvalue weighted by Gasteiger charge is 2.64. The number of hydrogen-bond acceptors (Lipinski definition) is 5. The van der Waals surface area contributed by atoms with Gasteiger partial charge in [-0.2, -0.15) is 0 Å². The Labute approximate surface area is 205 Å². The highest BCUT2D eigenvalue weighted by molar-refractivity contribution is 9.09. The molecule has 7 heteroatoms. The Morgan fingerprint density at radius 1 is 1.03 bits per heavy atom. The third-order valence-electron chi connectivity index (χ3n) is 6.63. The molecule has 1 heterocycles. The standard InChI is InChI=1S/C26H31BrO5Si/c1-25(2,3)33(19-11-7-5-8-12-19,20-13-9-6-10-14-20)31-17-26-16-15-21(30-18-29-4)22(27)23(26)32-24(26)28/h5-16,21-23H,17-18H2,1-4H3/t21-,22-,23+,26+/m0/s1. The maximum absolute atomic E-state index is 12.9. The molecule has 176 valence electrons. The molecular weight excluding hydrogens is 500 g/mol. The number of fused-ring (bicyclic) bond motifs is 1. The molecule has 0 spiro atoms. The van der Waals surface area contributed by atoms with Crippen molar-refractivity contribution < 1.29 is 23.4 Å². The largest absolute Gasteiger partial charge is 0.459 e. The lowest BCUT2D eigenvalue weighted by atomic mass is 9.72. The van der Waals surface area contributed by atoms with Crippen molar-refractivity contribution in [3.8, 4) is 0 Å². The molecular formula is C26H31BrO5Si. The predicted molar refractivity (Wildman–Crippen MR) is 134 cm³/mol. The topological polar surface area (TPSA) is 54.0 Å². The van der Waals surface area contributed by atoms with Crippen LogP contribution in [0.25, 0.3) is 0 Å². The summed E-state index contributed by atoms with van der Waals surface area (Å²) in [6.07, 6.45) is 3.22. The van der Waals surface area contributed by atoms with E-state index in [1.807, 2.05) is 24.3 Å². The highest BCUT2D eigenvalue weighted by Crippen LogP contribution is 2.48. The summed E-state index contributed by atoms with van der Waals surface area (Å²) >= 11 is 3.70. The average molecular weight is 532 g/mol. The molecule has 0 unspecified atom stereocenters. The van der Waals surface area contributed by atoms with Gasteiger partial charge >= 0.3 is 5.97 Å². The van der Waals surface area contributed by atoms with Crippen LogP contribution < -0.4 is 10.4 Å². The lowest BCUT2D eigenvalue weighted by Crippen LogP contribution is -2.71. The van der Waals surface area contributed by atoms with Gasteiger partial charge in [0.2, 0.25) is 0 Å². The lowest BCUT2D eigenvalue weighted by Gasteiger charge is -2.52. The molecule has 5 nitrogen and oxygen atoms in total. The van der Waals surface area contributed by atoms with Gasteiger partial charge in [-0.25, -0.2) is 0 Å². The van der Waals surface area contributed by atoms with E-state index in [0.717, 1.165) is 0 Å². The van der Waals surface area contributed by atoms with E-state index in [1.54, 1.807) is 7.11 Å². The Morgan fingerprint density at radius 3 is 2.09 bits per heavy atom. The number of carbonyl (C=O) groups excluding carboxylic acids is 1. The minimum atomic E-state index is -2.77. The smallest absolute Gasteiger partial charge is 0.322 e. The van der Waals surface area contributed by atoms with Gasteiger partial charge in [0.15, 0.2) is 0 Å². The fraction of sp³-hybridized carbons (Fsp3) is 0.423. The van der Waals surface area contributed by atoms with Crippen molar-refractivity contribution in [1.82, 2.24) is 0 Å². The first-order valence-electron chi connectivity index (χ1n) is 11.2. The third-order valence-corrected chi connectivity index (χ3v) is 12.6. The Bertz CT molecular complexity index is 951. The van der Waals surface area contributed by atoms with E-state index >= 15 is 0 Å². The van der Waals surface area contributed by atoms with Gasteiger partial charge in [0.05, 0.1) is 17.5 Å². The summed E-state index contributed by atoms with van der Waals surface area (Å²) in [5.41, 5.74) is -0.839.